The van der Waals surface area contributed by atoms with Crippen LogP contribution in [0.15, 0.2) is 53.1 Å². The van der Waals surface area contributed by atoms with Gasteiger partial charge in [0, 0.05) is 11.6 Å². The van der Waals surface area contributed by atoms with Crippen molar-refractivity contribution in [3.05, 3.63) is 60.0 Å². The zero-order valence-corrected chi connectivity index (χ0v) is 15.9. The van der Waals surface area contributed by atoms with E-state index in [-0.39, 0.29) is 17.6 Å². The van der Waals surface area contributed by atoms with Crippen molar-refractivity contribution in [1.82, 2.24) is 10.1 Å². The third-order valence-corrected chi connectivity index (χ3v) is 4.76. The van der Waals surface area contributed by atoms with Crippen molar-refractivity contribution < 1.29 is 18.4 Å². The molecule has 28 heavy (non-hydrogen) atoms. The molecule has 0 aliphatic carbocycles. The predicted octanol–water partition coefficient (Wildman–Crippen LogP) is 5.13. The smallest absolute Gasteiger partial charge is 0.279 e. The van der Waals surface area contributed by atoms with Crippen LogP contribution in [0, 0.1) is 5.82 Å². The van der Waals surface area contributed by atoms with Gasteiger partial charge in [0.05, 0.1) is 16.3 Å². The van der Waals surface area contributed by atoms with E-state index in [4.69, 9.17) is 9.26 Å². The van der Waals surface area contributed by atoms with Crippen LogP contribution in [0.2, 0.25) is 0 Å². The first kappa shape index (κ1) is 18.1. The van der Waals surface area contributed by atoms with Crippen LogP contribution in [0.5, 0.6) is 5.75 Å². The van der Waals surface area contributed by atoms with Crippen LogP contribution in [-0.2, 0) is 0 Å². The van der Waals surface area contributed by atoms with Crippen LogP contribution in [0.1, 0.15) is 24.3 Å². The van der Waals surface area contributed by atoms with E-state index in [2.05, 4.69) is 15.5 Å². The second kappa shape index (κ2) is 7.40. The van der Waals surface area contributed by atoms with Gasteiger partial charge in [-0.3, -0.25) is 10.1 Å². The first-order valence-electron chi connectivity index (χ1n) is 8.59. The summed E-state index contributed by atoms with van der Waals surface area (Å²) in [5.74, 6) is 0.422. The van der Waals surface area contributed by atoms with E-state index in [1.165, 1.54) is 23.5 Å². The highest BCUT2D eigenvalue weighted by Crippen LogP contribution is 2.28. The molecule has 0 radical (unpaired) electrons. The number of anilines is 1. The van der Waals surface area contributed by atoms with E-state index in [1.54, 1.807) is 12.1 Å². The molecular weight excluding hydrogens is 381 g/mol. The Bertz CT molecular complexity index is 1140. The number of carbonyl (C=O) groups excluding carboxylic acids is 1. The summed E-state index contributed by atoms with van der Waals surface area (Å²) in [6.45, 7) is 3.91. The van der Waals surface area contributed by atoms with Crippen molar-refractivity contribution >= 4 is 32.6 Å². The number of carbonyl (C=O) groups is 1. The molecule has 2 heterocycles. The Balaban J connectivity index is 1.49. The molecule has 8 heteroatoms. The Morgan fingerprint density at radius 2 is 1.96 bits per heavy atom. The number of thiazole rings is 1. The summed E-state index contributed by atoms with van der Waals surface area (Å²) in [6, 6.07) is 13.2. The van der Waals surface area contributed by atoms with Gasteiger partial charge in [0.2, 0.25) is 0 Å². The molecule has 2 aromatic heterocycles. The van der Waals surface area contributed by atoms with Crippen LogP contribution in [-0.4, -0.2) is 22.2 Å². The lowest BCUT2D eigenvalue weighted by Crippen LogP contribution is -2.11. The Kier molecular flexibility index (Phi) is 4.79. The minimum Gasteiger partial charge on any atom is -0.491 e. The molecule has 0 unspecified atom stereocenters. The summed E-state index contributed by atoms with van der Waals surface area (Å²) in [5, 5.41) is 6.86. The summed E-state index contributed by atoms with van der Waals surface area (Å²) in [7, 11) is 0. The van der Waals surface area contributed by atoms with E-state index in [0.29, 0.717) is 21.1 Å². The van der Waals surface area contributed by atoms with Gasteiger partial charge in [0.1, 0.15) is 11.6 Å². The molecule has 0 atom stereocenters. The molecule has 0 bridgehead atoms. The number of hydrogen-bond donors (Lipinski definition) is 1. The number of benzene rings is 2. The Labute approximate surface area is 164 Å². The molecular formula is C20H16FN3O3S. The maximum atomic E-state index is 13.3. The van der Waals surface area contributed by atoms with Crippen LogP contribution >= 0.6 is 11.3 Å². The lowest BCUT2D eigenvalue weighted by atomic mass is 10.1. The standard InChI is InChI=1S/C20H16FN3O3S/c1-11(2)26-14-6-3-12(4-7-14)17-10-16(24-27-17)19(25)23-20-22-15-8-5-13(21)9-18(15)28-20/h3-11H,1-2H3,(H,22,23,25). The highest BCUT2D eigenvalue weighted by atomic mass is 32.1. The number of rotatable bonds is 5. The molecule has 0 aliphatic rings. The van der Waals surface area contributed by atoms with Gasteiger partial charge in [0.15, 0.2) is 16.6 Å². The lowest BCUT2D eigenvalue weighted by molar-refractivity contribution is 0.101. The zero-order valence-electron chi connectivity index (χ0n) is 15.1. The molecule has 4 rings (SSSR count). The van der Waals surface area contributed by atoms with Crippen molar-refractivity contribution in [3.8, 4) is 17.1 Å². The van der Waals surface area contributed by atoms with Gasteiger partial charge in [-0.05, 0) is 56.3 Å². The van der Waals surface area contributed by atoms with Gasteiger partial charge in [-0.1, -0.05) is 16.5 Å². The fourth-order valence-electron chi connectivity index (χ4n) is 2.60. The second-order valence-electron chi connectivity index (χ2n) is 6.35. The minimum atomic E-state index is -0.450. The van der Waals surface area contributed by atoms with Crippen molar-refractivity contribution in [1.29, 1.82) is 0 Å². The first-order chi connectivity index (χ1) is 13.5. The number of ether oxygens (including phenoxy) is 1. The highest BCUT2D eigenvalue weighted by Gasteiger charge is 2.16. The molecule has 142 valence electrons. The fraction of sp³-hybridized carbons (Fsp3) is 0.150. The van der Waals surface area contributed by atoms with Crippen molar-refractivity contribution in [3.63, 3.8) is 0 Å². The molecule has 0 saturated carbocycles. The molecule has 2 aromatic carbocycles. The van der Waals surface area contributed by atoms with E-state index in [0.717, 1.165) is 11.3 Å². The van der Waals surface area contributed by atoms with Crippen molar-refractivity contribution in [2.45, 2.75) is 20.0 Å². The number of amides is 1. The Morgan fingerprint density at radius 3 is 2.71 bits per heavy atom. The molecule has 0 saturated heterocycles. The molecule has 6 nitrogen and oxygen atoms in total. The molecule has 4 aromatic rings. The summed E-state index contributed by atoms with van der Waals surface area (Å²) in [5.41, 5.74) is 1.52. The van der Waals surface area contributed by atoms with Crippen LogP contribution in [0.4, 0.5) is 9.52 Å². The van der Waals surface area contributed by atoms with E-state index < -0.39 is 5.91 Å². The number of nitrogens with zero attached hydrogens (tertiary/aromatic N) is 2. The largest absolute Gasteiger partial charge is 0.491 e. The Morgan fingerprint density at radius 1 is 1.18 bits per heavy atom. The van der Waals surface area contributed by atoms with Crippen LogP contribution < -0.4 is 10.1 Å². The molecule has 0 fully saturated rings. The molecule has 1 N–H and O–H groups in total. The SMILES string of the molecule is CC(C)Oc1ccc(-c2cc(C(=O)Nc3nc4ccc(F)cc4s3)no2)cc1. The number of nitrogens with one attached hydrogen (secondary N) is 1. The highest BCUT2D eigenvalue weighted by molar-refractivity contribution is 7.22. The number of halogens is 1. The number of hydrogen-bond acceptors (Lipinski definition) is 6. The maximum absolute atomic E-state index is 13.3. The lowest BCUT2D eigenvalue weighted by Gasteiger charge is -2.09. The maximum Gasteiger partial charge on any atom is 0.279 e. The van der Waals surface area contributed by atoms with Crippen molar-refractivity contribution in [2.24, 2.45) is 0 Å². The molecule has 1 amide bonds. The quantitative estimate of drug-likeness (QED) is 0.505. The molecule has 0 spiro atoms. The molecule has 0 aliphatic heterocycles. The van der Waals surface area contributed by atoms with Gasteiger partial charge in [-0.25, -0.2) is 9.37 Å². The minimum absolute atomic E-state index is 0.0884. The number of fused-ring (bicyclic) bond motifs is 1. The average Bonchev–Trinajstić information content (AvgIpc) is 3.28. The van der Waals surface area contributed by atoms with Crippen molar-refractivity contribution in [2.75, 3.05) is 5.32 Å². The third-order valence-electron chi connectivity index (χ3n) is 3.82. The van der Waals surface area contributed by atoms with Crippen LogP contribution in [0.3, 0.4) is 0 Å². The van der Waals surface area contributed by atoms with Gasteiger partial charge in [-0.15, -0.1) is 0 Å². The first-order valence-corrected chi connectivity index (χ1v) is 9.41. The fourth-order valence-corrected chi connectivity index (χ4v) is 3.49. The van der Waals surface area contributed by atoms with Gasteiger partial charge >= 0.3 is 0 Å². The Hall–Kier alpha value is -3.26. The summed E-state index contributed by atoms with van der Waals surface area (Å²) < 4.78 is 24.8. The monoisotopic (exact) mass is 397 g/mol. The normalized spacial score (nSPS) is 11.1. The van der Waals surface area contributed by atoms with E-state index in [1.807, 2.05) is 38.1 Å². The average molecular weight is 397 g/mol. The van der Waals surface area contributed by atoms with Gasteiger partial charge in [-0.2, -0.15) is 0 Å². The second-order valence-corrected chi connectivity index (χ2v) is 7.38. The van der Waals surface area contributed by atoms with Gasteiger partial charge < -0.3 is 9.26 Å². The predicted molar refractivity (Wildman–Crippen MR) is 105 cm³/mol. The number of aromatic nitrogens is 2. The van der Waals surface area contributed by atoms with E-state index in [9.17, 15) is 9.18 Å². The van der Waals surface area contributed by atoms with E-state index >= 15 is 0 Å². The third kappa shape index (κ3) is 3.86. The topological polar surface area (TPSA) is 77.2 Å². The zero-order chi connectivity index (χ0) is 19.7. The van der Waals surface area contributed by atoms with Gasteiger partial charge in [0.25, 0.3) is 5.91 Å². The summed E-state index contributed by atoms with van der Waals surface area (Å²) in [6.07, 6.45) is 0.0884. The summed E-state index contributed by atoms with van der Waals surface area (Å²) >= 11 is 1.19. The van der Waals surface area contributed by atoms with Crippen LogP contribution in [0.25, 0.3) is 21.5 Å². The summed E-state index contributed by atoms with van der Waals surface area (Å²) in [4.78, 5) is 16.7.